The largest absolute Gasteiger partial charge is 0.487 e. The minimum atomic E-state index is -4.06. The molecule has 3 aliphatic rings. The Morgan fingerprint density at radius 2 is 1.94 bits per heavy atom. The molecule has 254 valence electrons. The van der Waals surface area contributed by atoms with Crippen molar-refractivity contribution in [2.24, 2.45) is 11.8 Å². The zero-order valence-electron chi connectivity index (χ0n) is 26.1. The molecule has 2 fully saturated rings. The average molecular weight is 690 g/mol. The van der Waals surface area contributed by atoms with Gasteiger partial charge in [-0.15, -0.1) is 11.3 Å². The van der Waals surface area contributed by atoms with Crippen LogP contribution in [0.1, 0.15) is 31.5 Å². The molecule has 47 heavy (non-hydrogen) atoms. The van der Waals surface area contributed by atoms with Crippen molar-refractivity contribution in [1.29, 1.82) is 0 Å². The van der Waals surface area contributed by atoms with Crippen molar-refractivity contribution in [2.75, 3.05) is 33.1 Å². The molecule has 0 bridgehead atoms. The maximum Gasteiger partial charge on any atom is 0.407 e. The molecule has 0 aliphatic carbocycles. The van der Waals surface area contributed by atoms with Crippen LogP contribution in [-0.2, 0) is 37.3 Å². The first-order valence-electron chi connectivity index (χ1n) is 15.5. The predicted molar refractivity (Wildman–Crippen MR) is 170 cm³/mol. The number of ether oxygens (including phenoxy) is 6. The molecule has 3 aromatic rings. The summed E-state index contributed by atoms with van der Waals surface area (Å²) in [5.41, 5.74) is 3.36. The van der Waals surface area contributed by atoms with Crippen LogP contribution >= 0.6 is 11.3 Å². The van der Waals surface area contributed by atoms with Crippen molar-refractivity contribution in [2.45, 2.75) is 62.7 Å². The Hall–Kier alpha value is -3.47. The van der Waals surface area contributed by atoms with Gasteiger partial charge in [0.2, 0.25) is 16.8 Å². The first-order valence-corrected chi connectivity index (χ1v) is 17.9. The third-order valence-corrected chi connectivity index (χ3v) is 10.7. The lowest BCUT2D eigenvalue weighted by Gasteiger charge is -2.31. The number of alkyl carbamates (subject to hydrolysis) is 1. The number of amides is 1. The van der Waals surface area contributed by atoms with E-state index in [0.717, 1.165) is 11.3 Å². The number of hydrogen-bond donors (Lipinski definition) is 2. The van der Waals surface area contributed by atoms with E-state index >= 15 is 0 Å². The number of thiazole rings is 1. The van der Waals surface area contributed by atoms with Gasteiger partial charge in [-0.2, -0.15) is 4.31 Å². The summed E-state index contributed by atoms with van der Waals surface area (Å²) >= 11 is 1.49. The highest BCUT2D eigenvalue weighted by molar-refractivity contribution is 7.89. The highest BCUT2D eigenvalue weighted by Crippen LogP contribution is 2.35. The fraction of sp³-hybridized carbons (Fsp3) is 0.500. The number of carbonyl (C=O) groups excluding carboxylic acids is 1. The van der Waals surface area contributed by atoms with E-state index in [1.165, 1.54) is 27.8 Å². The summed E-state index contributed by atoms with van der Waals surface area (Å²) in [6, 6.07) is 10.8. The number of nitrogens with one attached hydrogen (secondary N) is 1. The third-order valence-electron chi connectivity index (χ3n) is 8.20. The van der Waals surface area contributed by atoms with Crippen LogP contribution in [0.25, 0.3) is 0 Å². The van der Waals surface area contributed by atoms with E-state index in [9.17, 15) is 18.3 Å². The molecule has 4 heterocycles. The normalized spacial score (nSPS) is 21.5. The Labute approximate surface area is 277 Å². The van der Waals surface area contributed by atoms with Gasteiger partial charge in [-0.3, -0.25) is 0 Å². The monoisotopic (exact) mass is 689 g/mol. The number of sulfonamides is 1. The molecule has 0 saturated carbocycles. The van der Waals surface area contributed by atoms with E-state index in [1.807, 2.05) is 31.4 Å². The number of hydrogen-bond acceptors (Lipinski definition) is 12. The van der Waals surface area contributed by atoms with Crippen LogP contribution in [0.2, 0.25) is 0 Å². The summed E-state index contributed by atoms with van der Waals surface area (Å²) in [6.07, 6.45) is -2.00. The van der Waals surface area contributed by atoms with E-state index in [1.54, 1.807) is 23.7 Å². The smallest absolute Gasteiger partial charge is 0.407 e. The van der Waals surface area contributed by atoms with Crippen LogP contribution in [0.15, 0.2) is 58.3 Å². The second-order valence-corrected chi connectivity index (χ2v) is 14.8. The van der Waals surface area contributed by atoms with Crippen molar-refractivity contribution >= 4 is 27.5 Å². The summed E-state index contributed by atoms with van der Waals surface area (Å²) in [4.78, 5) is 17.4. The Kier molecular flexibility index (Phi) is 10.5. The fourth-order valence-electron chi connectivity index (χ4n) is 5.80. The molecule has 13 nitrogen and oxygen atoms in total. The summed E-state index contributed by atoms with van der Waals surface area (Å²) in [5, 5.41) is 16.4. The van der Waals surface area contributed by atoms with Crippen molar-refractivity contribution in [3.05, 3.63) is 64.6 Å². The molecule has 5 atom stereocenters. The van der Waals surface area contributed by atoms with Crippen molar-refractivity contribution < 1.29 is 46.7 Å². The van der Waals surface area contributed by atoms with E-state index < -0.39 is 40.7 Å². The molecule has 2 aromatic carbocycles. The topological polar surface area (TPSA) is 155 Å². The molecule has 3 aliphatic heterocycles. The van der Waals surface area contributed by atoms with Crippen LogP contribution in [-0.4, -0.2) is 86.5 Å². The highest BCUT2D eigenvalue weighted by Gasteiger charge is 2.44. The summed E-state index contributed by atoms with van der Waals surface area (Å²) in [7, 11) is -4.06. The van der Waals surface area contributed by atoms with Gasteiger partial charge >= 0.3 is 6.09 Å². The Bertz CT molecular complexity index is 1600. The first-order chi connectivity index (χ1) is 22.7. The maximum absolute atomic E-state index is 13.9. The molecule has 2 N–H and O–H groups in total. The molecule has 2 saturated heterocycles. The number of carbonyl (C=O) groups is 1. The molecule has 0 unspecified atom stereocenters. The first kappa shape index (κ1) is 33.4. The molecule has 15 heteroatoms. The molecule has 0 radical (unpaired) electrons. The maximum atomic E-state index is 13.9. The van der Waals surface area contributed by atoms with Gasteiger partial charge in [-0.1, -0.05) is 26.0 Å². The van der Waals surface area contributed by atoms with Crippen LogP contribution < -0.4 is 19.5 Å². The Morgan fingerprint density at radius 3 is 2.70 bits per heavy atom. The number of benzene rings is 2. The molecular weight excluding hydrogens is 650 g/mol. The molecule has 0 spiro atoms. The van der Waals surface area contributed by atoms with Crippen LogP contribution in [0.5, 0.6) is 17.2 Å². The Balaban J connectivity index is 1.18. The van der Waals surface area contributed by atoms with Crippen LogP contribution in [0, 0.1) is 11.8 Å². The van der Waals surface area contributed by atoms with Gasteiger partial charge in [-0.05, 0) is 48.6 Å². The predicted octanol–water partition coefficient (Wildman–Crippen LogP) is 3.56. The number of fused-ring (bicyclic) bond motifs is 2. The van der Waals surface area contributed by atoms with E-state index in [-0.39, 0.29) is 49.6 Å². The SMILES string of the molecule is CC(C)CN(C[C@@H](O)[C@H](Cc1ccc(OCc2cscn2)cc1)NC(=O)O[C@H]1CO[C@H]2OCC[C@H]21)S(=O)(=O)c1ccc2c(c1)OCO2. The van der Waals surface area contributed by atoms with Gasteiger partial charge in [0.15, 0.2) is 17.8 Å². The molecule has 1 amide bonds. The second kappa shape index (κ2) is 14.7. The minimum Gasteiger partial charge on any atom is -0.487 e. The quantitative estimate of drug-likeness (QED) is 0.255. The lowest BCUT2D eigenvalue weighted by Crippen LogP contribution is -2.51. The van der Waals surface area contributed by atoms with Gasteiger partial charge < -0.3 is 38.8 Å². The highest BCUT2D eigenvalue weighted by atomic mass is 32.2. The molecular formula is C32H39N3O10S2. The zero-order chi connectivity index (χ0) is 33.0. The number of aliphatic hydroxyl groups excluding tert-OH is 1. The molecule has 6 rings (SSSR count). The Morgan fingerprint density at radius 1 is 1.13 bits per heavy atom. The number of aromatic nitrogens is 1. The van der Waals surface area contributed by atoms with E-state index in [2.05, 4.69) is 10.3 Å². The zero-order valence-corrected chi connectivity index (χ0v) is 27.8. The average Bonchev–Trinajstić information content (AvgIpc) is 3.86. The lowest BCUT2D eigenvalue weighted by molar-refractivity contribution is -0.0907. The van der Waals surface area contributed by atoms with Crippen LogP contribution in [0.3, 0.4) is 0 Å². The third kappa shape index (κ3) is 8.16. The second-order valence-electron chi connectivity index (χ2n) is 12.1. The molecule has 1 aromatic heterocycles. The van der Waals surface area contributed by atoms with Gasteiger partial charge in [0.05, 0.1) is 47.4 Å². The van der Waals surface area contributed by atoms with Gasteiger partial charge in [-0.25, -0.2) is 18.2 Å². The van der Waals surface area contributed by atoms with Crippen molar-refractivity contribution in [3.63, 3.8) is 0 Å². The summed E-state index contributed by atoms with van der Waals surface area (Å²) in [6.45, 7) is 4.74. The van der Waals surface area contributed by atoms with Gasteiger partial charge in [0, 0.05) is 24.5 Å². The number of nitrogens with zero attached hydrogens (tertiary/aromatic N) is 2. The van der Waals surface area contributed by atoms with Crippen molar-refractivity contribution in [3.8, 4) is 17.2 Å². The van der Waals surface area contributed by atoms with Gasteiger partial charge in [0.25, 0.3) is 0 Å². The number of aliphatic hydroxyl groups is 1. The minimum absolute atomic E-state index is 0.0109. The lowest BCUT2D eigenvalue weighted by atomic mass is 10.0. The van der Waals surface area contributed by atoms with Gasteiger partial charge in [0.1, 0.15) is 18.5 Å². The van der Waals surface area contributed by atoms with Crippen molar-refractivity contribution in [1.82, 2.24) is 14.6 Å². The fourth-order valence-corrected chi connectivity index (χ4v) is 7.98. The van der Waals surface area contributed by atoms with Crippen LogP contribution in [0.4, 0.5) is 4.79 Å². The summed E-state index contributed by atoms with van der Waals surface area (Å²) < 4.78 is 62.5. The van der Waals surface area contributed by atoms with E-state index in [0.29, 0.717) is 36.9 Å². The van der Waals surface area contributed by atoms with E-state index in [4.69, 9.17) is 28.4 Å². The standard InChI is InChI=1S/C32H39N3O10S2/c1-20(2)13-35(47(38,39)24-7-8-28-29(12-24)44-19-43-28)14-27(36)26(34-32(37)45-30-16-42-31-25(30)9-10-40-31)11-21-3-5-23(6-4-21)41-15-22-17-46-18-33-22/h3-8,12,17-18,20,25-27,30-31,36H,9-11,13-16,19H2,1-2H3,(H,34,37)/t25-,26-,27+,30-,31+/m0/s1. The number of rotatable bonds is 14. The summed E-state index contributed by atoms with van der Waals surface area (Å²) in [5.74, 6) is 1.32.